The maximum absolute atomic E-state index is 12.0. The van der Waals surface area contributed by atoms with Crippen LogP contribution in [0.15, 0.2) is 24.3 Å². The molecule has 3 nitrogen and oxygen atoms in total. The minimum absolute atomic E-state index is 0.112. The molecule has 0 radical (unpaired) electrons. The van der Waals surface area contributed by atoms with Gasteiger partial charge in [-0.3, -0.25) is 0 Å². The highest BCUT2D eigenvalue weighted by Crippen LogP contribution is 2.16. The molecule has 90 valence electrons. The lowest BCUT2D eigenvalue weighted by Crippen LogP contribution is -2.23. The lowest BCUT2D eigenvalue weighted by molar-refractivity contribution is 0.577. The third kappa shape index (κ3) is 3.32. The van der Waals surface area contributed by atoms with Crippen LogP contribution in [0.2, 0.25) is 0 Å². The first kappa shape index (κ1) is 13.2. The Kier molecular flexibility index (Phi) is 4.50. The summed E-state index contributed by atoms with van der Waals surface area (Å²) in [6.45, 7) is 4.06. The molecule has 1 unspecified atom stereocenters. The van der Waals surface area contributed by atoms with Crippen LogP contribution in [0.4, 0.5) is 0 Å². The van der Waals surface area contributed by atoms with Crippen molar-refractivity contribution in [1.82, 2.24) is 0 Å². The standard InChI is InChI=1S/C12H19NO2S/c1-10-5-3-4-6-12(10)9-16(14,15)11(2)7-8-13/h3-6,11H,7-9,13H2,1-2H3. The van der Waals surface area contributed by atoms with Crippen LogP contribution in [-0.2, 0) is 15.6 Å². The van der Waals surface area contributed by atoms with Gasteiger partial charge in [0.1, 0.15) is 0 Å². The van der Waals surface area contributed by atoms with Crippen molar-refractivity contribution in [3.8, 4) is 0 Å². The molecular formula is C12H19NO2S. The molecule has 0 heterocycles. The Bertz CT molecular complexity index is 440. The zero-order valence-corrected chi connectivity index (χ0v) is 10.6. The summed E-state index contributed by atoms with van der Waals surface area (Å²) < 4.78 is 24.0. The summed E-state index contributed by atoms with van der Waals surface area (Å²) in [5.74, 6) is 0.112. The van der Waals surface area contributed by atoms with Crippen LogP contribution in [0.25, 0.3) is 0 Å². The topological polar surface area (TPSA) is 60.2 Å². The van der Waals surface area contributed by atoms with Gasteiger partial charge in [-0.05, 0) is 37.9 Å². The van der Waals surface area contributed by atoms with Crippen molar-refractivity contribution in [3.05, 3.63) is 35.4 Å². The average Bonchev–Trinajstić information content (AvgIpc) is 2.21. The lowest BCUT2D eigenvalue weighted by atomic mass is 10.1. The molecule has 16 heavy (non-hydrogen) atoms. The third-order valence-electron chi connectivity index (χ3n) is 2.80. The Morgan fingerprint density at radius 1 is 1.31 bits per heavy atom. The van der Waals surface area contributed by atoms with Gasteiger partial charge in [0.25, 0.3) is 0 Å². The number of hydrogen-bond acceptors (Lipinski definition) is 3. The summed E-state index contributed by atoms with van der Waals surface area (Å²) >= 11 is 0. The number of aryl methyl sites for hydroxylation is 1. The number of benzene rings is 1. The molecule has 1 atom stereocenters. The van der Waals surface area contributed by atoms with E-state index in [1.807, 2.05) is 31.2 Å². The molecule has 0 aliphatic rings. The van der Waals surface area contributed by atoms with Crippen molar-refractivity contribution in [1.29, 1.82) is 0 Å². The van der Waals surface area contributed by atoms with Gasteiger partial charge < -0.3 is 5.73 Å². The van der Waals surface area contributed by atoms with Gasteiger partial charge in [0.05, 0.1) is 11.0 Å². The maximum atomic E-state index is 12.0. The van der Waals surface area contributed by atoms with Gasteiger partial charge in [-0.15, -0.1) is 0 Å². The molecule has 0 fully saturated rings. The fourth-order valence-corrected chi connectivity index (χ4v) is 3.08. The van der Waals surface area contributed by atoms with Crippen LogP contribution < -0.4 is 5.73 Å². The fraction of sp³-hybridized carbons (Fsp3) is 0.500. The van der Waals surface area contributed by atoms with Crippen molar-refractivity contribution < 1.29 is 8.42 Å². The van der Waals surface area contributed by atoms with Crippen LogP contribution in [0.1, 0.15) is 24.5 Å². The molecule has 4 heteroatoms. The van der Waals surface area contributed by atoms with Gasteiger partial charge in [0.15, 0.2) is 9.84 Å². The summed E-state index contributed by atoms with van der Waals surface area (Å²) in [6.07, 6.45) is 0.522. The lowest BCUT2D eigenvalue weighted by Gasteiger charge is -2.13. The molecule has 0 saturated heterocycles. The van der Waals surface area contributed by atoms with E-state index >= 15 is 0 Å². The van der Waals surface area contributed by atoms with Gasteiger partial charge in [-0.25, -0.2) is 8.42 Å². The highest BCUT2D eigenvalue weighted by molar-refractivity contribution is 7.91. The Labute approximate surface area is 97.6 Å². The van der Waals surface area contributed by atoms with Gasteiger partial charge in [-0.2, -0.15) is 0 Å². The van der Waals surface area contributed by atoms with Crippen LogP contribution in [0.5, 0.6) is 0 Å². The average molecular weight is 241 g/mol. The van der Waals surface area contributed by atoms with E-state index in [4.69, 9.17) is 5.73 Å². The Morgan fingerprint density at radius 3 is 2.50 bits per heavy atom. The maximum Gasteiger partial charge on any atom is 0.157 e. The molecule has 0 aliphatic carbocycles. The zero-order valence-electron chi connectivity index (χ0n) is 9.81. The van der Waals surface area contributed by atoms with E-state index in [2.05, 4.69) is 0 Å². The number of hydrogen-bond donors (Lipinski definition) is 1. The normalized spacial score (nSPS) is 13.7. The molecular weight excluding hydrogens is 222 g/mol. The van der Waals surface area contributed by atoms with E-state index in [1.165, 1.54) is 0 Å². The van der Waals surface area contributed by atoms with Crippen molar-refractivity contribution in [2.75, 3.05) is 6.54 Å². The summed E-state index contributed by atoms with van der Waals surface area (Å²) in [6, 6.07) is 7.57. The molecule has 0 saturated carbocycles. The van der Waals surface area contributed by atoms with Crippen LogP contribution in [0.3, 0.4) is 0 Å². The van der Waals surface area contributed by atoms with Crippen molar-refractivity contribution in [2.45, 2.75) is 31.3 Å². The van der Waals surface area contributed by atoms with E-state index in [9.17, 15) is 8.42 Å². The smallest absolute Gasteiger partial charge is 0.157 e. The molecule has 0 spiro atoms. The van der Waals surface area contributed by atoms with Crippen LogP contribution in [0, 0.1) is 6.92 Å². The molecule has 0 aromatic heterocycles. The molecule has 1 aromatic carbocycles. The number of nitrogens with two attached hydrogens (primary N) is 1. The zero-order chi connectivity index (χ0) is 12.2. The van der Waals surface area contributed by atoms with Crippen LogP contribution in [-0.4, -0.2) is 20.2 Å². The third-order valence-corrected chi connectivity index (χ3v) is 4.98. The highest BCUT2D eigenvalue weighted by atomic mass is 32.2. The predicted molar refractivity (Wildman–Crippen MR) is 66.9 cm³/mol. The molecule has 0 amide bonds. The first-order valence-electron chi connectivity index (χ1n) is 5.43. The summed E-state index contributed by atoms with van der Waals surface area (Å²) in [5, 5.41) is -0.364. The summed E-state index contributed by atoms with van der Waals surface area (Å²) in [4.78, 5) is 0. The Morgan fingerprint density at radius 2 is 1.94 bits per heavy atom. The monoisotopic (exact) mass is 241 g/mol. The summed E-state index contributed by atoms with van der Waals surface area (Å²) in [7, 11) is -3.08. The van der Waals surface area contributed by atoms with E-state index in [1.54, 1.807) is 6.92 Å². The van der Waals surface area contributed by atoms with E-state index in [0.29, 0.717) is 13.0 Å². The predicted octanol–water partition coefficient (Wildman–Crippen LogP) is 1.65. The second-order valence-corrected chi connectivity index (χ2v) is 6.54. The van der Waals surface area contributed by atoms with Crippen molar-refractivity contribution >= 4 is 9.84 Å². The van der Waals surface area contributed by atoms with Crippen LogP contribution >= 0.6 is 0 Å². The summed E-state index contributed by atoms with van der Waals surface area (Å²) in [5.41, 5.74) is 7.29. The molecule has 0 aliphatic heterocycles. The Hall–Kier alpha value is -0.870. The quantitative estimate of drug-likeness (QED) is 0.852. The van der Waals surface area contributed by atoms with Gasteiger partial charge in [0.2, 0.25) is 0 Å². The molecule has 1 rings (SSSR count). The van der Waals surface area contributed by atoms with Gasteiger partial charge in [-0.1, -0.05) is 24.3 Å². The first-order valence-corrected chi connectivity index (χ1v) is 7.15. The second kappa shape index (κ2) is 5.46. The molecule has 0 bridgehead atoms. The minimum atomic E-state index is -3.08. The van der Waals surface area contributed by atoms with E-state index in [-0.39, 0.29) is 11.0 Å². The largest absolute Gasteiger partial charge is 0.330 e. The minimum Gasteiger partial charge on any atom is -0.330 e. The molecule has 1 aromatic rings. The van der Waals surface area contributed by atoms with E-state index < -0.39 is 9.84 Å². The van der Waals surface area contributed by atoms with Crippen molar-refractivity contribution in [3.63, 3.8) is 0 Å². The number of sulfone groups is 1. The SMILES string of the molecule is Cc1ccccc1CS(=O)(=O)C(C)CCN. The Balaban J connectivity index is 2.85. The second-order valence-electron chi connectivity index (χ2n) is 4.12. The first-order chi connectivity index (χ1) is 7.47. The van der Waals surface area contributed by atoms with Gasteiger partial charge >= 0.3 is 0 Å². The van der Waals surface area contributed by atoms with E-state index in [0.717, 1.165) is 11.1 Å². The van der Waals surface area contributed by atoms with Crippen molar-refractivity contribution in [2.24, 2.45) is 5.73 Å². The molecule has 2 N–H and O–H groups in total. The highest BCUT2D eigenvalue weighted by Gasteiger charge is 2.20. The fourth-order valence-electron chi connectivity index (χ4n) is 1.55. The number of rotatable bonds is 5. The van der Waals surface area contributed by atoms with Gasteiger partial charge in [0, 0.05) is 0 Å².